The summed E-state index contributed by atoms with van der Waals surface area (Å²) in [5.74, 6) is 1.60. The van der Waals surface area contributed by atoms with Gasteiger partial charge in [-0.15, -0.1) is 0 Å². The summed E-state index contributed by atoms with van der Waals surface area (Å²) in [4.78, 5) is 10.9. The Morgan fingerprint density at radius 1 is 1.60 bits per heavy atom. The maximum atomic E-state index is 10.9. The molecule has 0 fully saturated rings. The molecule has 0 saturated heterocycles. The van der Waals surface area contributed by atoms with Crippen molar-refractivity contribution in [2.24, 2.45) is 5.92 Å². The number of thioether (sulfide) groups is 1. The highest BCUT2D eigenvalue weighted by Gasteiger charge is 2.05. The molecular weight excluding hydrogens is 148 g/mol. The third kappa shape index (κ3) is 4.82. The fourth-order valence-corrected chi connectivity index (χ4v) is 1.21. The van der Waals surface area contributed by atoms with Gasteiger partial charge >= 0.3 is 0 Å². The number of hydrogen-bond acceptors (Lipinski definition) is 3. The van der Waals surface area contributed by atoms with E-state index in [2.05, 4.69) is 0 Å². The molecule has 0 heterocycles. The van der Waals surface area contributed by atoms with Crippen LogP contribution in [0.15, 0.2) is 0 Å². The Balaban J connectivity index is 3.22. The van der Waals surface area contributed by atoms with Gasteiger partial charge in [0.15, 0.2) is 0 Å². The monoisotopic (exact) mass is 162 g/mol. The van der Waals surface area contributed by atoms with Crippen LogP contribution in [-0.2, 0) is 4.79 Å². The Morgan fingerprint density at radius 2 is 2.20 bits per heavy atom. The summed E-state index contributed by atoms with van der Waals surface area (Å²) in [6.07, 6.45) is 0. The molecule has 0 amide bonds. The standard InChI is InChI=1S/C7H14O2S/c1-6(2)7(9)5-10-4-3-8/h6,8H,3-5H2,1-2H3. The zero-order chi connectivity index (χ0) is 7.98. The minimum absolute atomic E-state index is 0.131. The van der Waals surface area contributed by atoms with Crippen LogP contribution in [-0.4, -0.2) is 29.0 Å². The second-order valence-corrected chi connectivity index (χ2v) is 3.50. The van der Waals surface area contributed by atoms with Gasteiger partial charge in [-0.1, -0.05) is 13.8 Å². The molecule has 0 aliphatic carbocycles. The average Bonchev–Trinajstić information content (AvgIpc) is 1.88. The van der Waals surface area contributed by atoms with Gasteiger partial charge in [0.25, 0.3) is 0 Å². The van der Waals surface area contributed by atoms with Gasteiger partial charge in [-0.3, -0.25) is 4.79 Å². The number of aliphatic hydroxyl groups is 1. The summed E-state index contributed by atoms with van der Waals surface area (Å²) < 4.78 is 0. The summed E-state index contributed by atoms with van der Waals surface area (Å²) in [5, 5.41) is 8.39. The first-order valence-electron chi connectivity index (χ1n) is 3.39. The van der Waals surface area contributed by atoms with Crippen molar-refractivity contribution in [2.45, 2.75) is 13.8 Å². The van der Waals surface area contributed by atoms with Gasteiger partial charge < -0.3 is 5.11 Å². The molecule has 0 saturated carbocycles. The minimum Gasteiger partial charge on any atom is -0.396 e. The van der Waals surface area contributed by atoms with Gasteiger partial charge in [-0.25, -0.2) is 0 Å². The van der Waals surface area contributed by atoms with E-state index in [-0.39, 0.29) is 18.3 Å². The highest BCUT2D eigenvalue weighted by molar-refractivity contribution is 7.99. The first-order valence-corrected chi connectivity index (χ1v) is 4.55. The van der Waals surface area contributed by atoms with E-state index in [9.17, 15) is 4.79 Å². The molecule has 0 aliphatic heterocycles. The highest BCUT2D eigenvalue weighted by Crippen LogP contribution is 2.03. The van der Waals surface area contributed by atoms with Crippen LogP contribution >= 0.6 is 11.8 Å². The molecule has 0 aromatic rings. The van der Waals surface area contributed by atoms with Crippen LogP contribution in [0.3, 0.4) is 0 Å². The number of carbonyl (C=O) groups is 1. The smallest absolute Gasteiger partial charge is 0.145 e. The Kier molecular flexibility index (Phi) is 5.73. The van der Waals surface area contributed by atoms with Crippen molar-refractivity contribution < 1.29 is 9.90 Å². The predicted molar refractivity (Wildman–Crippen MR) is 44.3 cm³/mol. The van der Waals surface area contributed by atoms with Crippen LogP contribution in [0.25, 0.3) is 0 Å². The molecule has 0 radical (unpaired) electrons. The van der Waals surface area contributed by atoms with Gasteiger partial charge in [0.1, 0.15) is 5.78 Å². The van der Waals surface area contributed by atoms with Crippen LogP contribution in [0.5, 0.6) is 0 Å². The van der Waals surface area contributed by atoms with Gasteiger partial charge in [0, 0.05) is 11.7 Å². The highest BCUT2D eigenvalue weighted by atomic mass is 32.2. The van der Waals surface area contributed by atoms with Crippen LogP contribution in [0.1, 0.15) is 13.8 Å². The number of ketones is 1. The molecule has 0 aromatic heterocycles. The lowest BCUT2D eigenvalue weighted by molar-refractivity contribution is -0.119. The SMILES string of the molecule is CC(C)C(=O)CSCCO. The fraction of sp³-hybridized carbons (Fsp3) is 0.857. The molecular formula is C7H14O2S. The molecule has 2 nitrogen and oxygen atoms in total. The van der Waals surface area contributed by atoms with Crippen LogP contribution in [0, 0.1) is 5.92 Å². The van der Waals surface area contributed by atoms with Gasteiger partial charge in [-0.05, 0) is 0 Å². The van der Waals surface area contributed by atoms with Crippen molar-refractivity contribution in [3.05, 3.63) is 0 Å². The van der Waals surface area contributed by atoms with Crippen molar-refractivity contribution in [2.75, 3.05) is 18.1 Å². The summed E-state index contributed by atoms with van der Waals surface area (Å²) in [6, 6.07) is 0. The van der Waals surface area contributed by atoms with Crippen molar-refractivity contribution in [1.29, 1.82) is 0 Å². The zero-order valence-corrected chi connectivity index (χ0v) is 7.28. The molecule has 10 heavy (non-hydrogen) atoms. The topological polar surface area (TPSA) is 37.3 Å². The minimum atomic E-state index is 0.131. The normalized spacial score (nSPS) is 10.4. The lowest BCUT2D eigenvalue weighted by Gasteiger charge is -2.01. The number of aliphatic hydroxyl groups excluding tert-OH is 1. The quantitative estimate of drug-likeness (QED) is 0.611. The second-order valence-electron chi connectivity index (χ2n) is 2.40. The number of rotatable bonds is 5. The maximum Gasteiger partial charge on any atom is 0.145 e. The molecule has 60 valence electrons. The van der Waals surface area contributed by atoms with E-state index in [0.29, 0.717) is 11.5 Å². The molecule has 0 spiro atoms. The molecule has 1 N–H and O–H groups in total. The van der Waals surface area contributed by atoms with E-state index in [1.165, 1.54) is 11.8 Å². The Bertz CT molecular complexity index is 102. The van der Waals surface area contributed by atoms with Crippen LogP contribution < -0.4 is 0 Å². The first-order chi connectivity index (χ1) is 4.68. The number of carbonyl (C=O) groups excluding carboxylic acids is 1. The van der Waals surface area contributed by atoms with E-state index < -0.39 is 0 Å². The third-order valence-corrected chi connectivity index (χ3v) is 2.08. The van der Waals surface area contributed by atoms with Crippen molar-refractivity contribution >= 4 is 17.5 Å². The predicted octanol–water partition coefficient (Wildman–Crippen LogP) is 0.937. The summed E-state index contributed by atoms with van der Waals surface area (Å²) >= 11 is 1.49. The lowest BCUT2D eigenvalue weighted by Crippen LogP contribution is -2.10. The van der Waals surface area contributed by atoms with E-state index in [4.69, 9.17) is 5.11 Å². The van der Waals surface area contributed by atoms with E-state index >= 15 is 0 Å². The van der Waals surface area contributed by atoms with Crippen molar-refractivity contribution in [3.63, 3.8) is 0 Å². The summed E-state index contributed by atoms with van der Waals surface area (Å²) in [7, 11) is 0. The van der Waals surface area contributed by atoms with Crippen molar-refractivity contribution in [1.82, 2.24) is 0 Å². The van der Waals surface area contributed by atoms with Crippen molar-refractivity contribution in [3.8, 4) is 0 Å². The fourth-order valence-electron chi connectivity index (χ4n) is 0.404. The molecule has 0 aromatic carbocycles. The van der Waals surface area contributed by atoms with Gasteiger partial charge in [-0.2, -0.15) is 11.8 Å². The number of Topliss-reactive ketones (excluding diaryl/α,β-unsaturated/α-hetero) is 1. The molecule has 0 rings (SSSR count). The summed E-state index contributed by atoms with van der Waals surface area (Å²) in [5.41, 5.74) is 0. The Labute approximate surface area is 66.0 Å². The maximum absolute atomic E-state index is 10.9. The number of hydrogen-bond donors (Lipinski definition) is 1. The van der Waals surface area contributed by atoms with E-state index in [1.807, 2.05) is 13.8 Å². The largest absolute Gasteiger partial charge is 0.396 e. The molecule has 0 aliphatic rings. The zero-order valence-electron chi connectivity index (χ0n) is 6.46. The van der Waals surface area contributed by atoms with E-state index in [1.54, 1.807) is 0 Å². The Hall–Kier alpha value is -0.0200. The van der Waals surface area contributed by atoms with Crippen LogP contribution in [0.4, 0.5) is 0 Å². The first kappa shape index (κ1) is 9.98. The molecule has 3 heteroatoms. The molecule has 0 atom stereocenters. The second kappa shape index (κ2) is 5.74. The van der Waals surface area contributed by atoms with E-state index in [0.717, 1.165) is 0 Å². The van der Waals surface area contributed by atoms with Gasteiger partial charge in [0.2, 0.25) is 0 Å². The molecule has 0 unspecified atom stereocenters. The lowest BCUT2D eigenvalue weighted by atomic mass is 10.1. The molecule has 0 bridgehead atoms. The summed E-state index contributed by atoms with van der Waals surface area (Å²) in [6.45, 7) is 3.94. The van der Waals surface area contributed by atoms with Crippen LogP contribution in [0.2, 0.25) is 0 Å². The third-order valence-electron chi connectivity index (χ3n) is 1.12. The Morgan fingerprint density at radius 3 is 2.60 bits per heavy atom. The average molecular weight is 162 g/mol. The van der Waals surface area contributed by atoms with Gasteiger partial charge in [0.05, 0.1) is 12.4 Å².